The van der Waals surface area contributed by atoms with Gasteiger partial charge in [0, 0.05) is 0 Å². The first kappa shape index (κ1) is 6.55. The van der Waals surface area contributed by atoms with E-state index in [9.17, 15) is 4.79 Å². The van der Waals surface area contributed by atoms with Crippen molar-refractivity contribution in [2.24, 2.45) is 11.7 Å². The Morgan fingerprint density at radius 1 is 1.89 bits per heavy atom. The lowest BCUT2D eigenvalue weighted by atomic mass is 9.95. The molecule has 0 radical (unpaired) electrons. The molecule has 1 rings (SSSR count). The van der Waals surface area contributed by atoms with Gasteiger partial charge < -0.3 is 10.5 Å². The second-order valence-electron chi connectivity index (χ2n) is 2.29. The van der Waals surface area contributed by atoms with Crippen molar-refractivity contribution in [2.45, 2.75) is 19.4 Å². The van der Waals surface area contributed by atoms with Crippen molar-refractivity contribution in [3.63, 3.8) is 0 Å². The maximum absolute atomic E-state index is 10.5. The second kappa shape index (κ2) is 2.35. The standard InChI is InChI=1S/C6H11NO2/c1-2-5-4(3-9-5)6(7)8/h4-5H,2-3H2,1H3,(H2,7,8). The fourth-order valence-electron chi connectivity index (χ4n) is 0.996. The minimum Gasteiger partial charge on any atom is -0.376 e. The average Bonchev–Trinajstić information content (AvgIpc) is 1.61. The molecular weight excluding hydrogens is 118 g/mol. The van der Waals surface area contributed by atoms with Gasteiger partial charge in [0.15, 0.2) is 0 Å². The van der Waals surface area contributed by atoms with Crippen LogP contribution in [-0.2, 0) is 9.53 Å². The first-order valence-corrected chi connectivity index (χ1v) is 3.16. The van der Waals surface area contributed by atoms with Crippen molar-refractivity contribution in [2.75, 3.05) is 6.61 Å². The molecule has 0 aromatic carbocycles. The van der Waals surface area contributed by atoms with Crippen LogP contribution in [0.15, 0.2) is 0 Å². The molecule has 0 bridgehead atoms. The molecule has 1 saturated heterocycles. The van der Waals surface area contributed by atoms with Crippen molar-refractivity contribution in [3.05, 3.63) is 0 Å². The highest BCUT2D eigenvalue weighted by atomic mass is 16.5. The Morgan fingerprint density at radius 2 is 2.56 bits per heavy atom. The summed E-state index contributed by atoms with van der Waals surface area (Å²) in [6.45, 7) is 2.51. The number of nitrogens with two attached hydrogens (primary N) is 1. The fraction of sp³-hybridized carbons (Fsp3) is 0.833. The third-order valence-electron chi connectivity index (χ3n) is 1.71. The molecular formula is C6H11NO2. The first-order valence-electron chi connectivity index (χ1n) is 3.16. The maximum Gasteiger partial charge on any atom is 0.225 e. The number of primary amides is 1. The van der Waals surface area contributed by atoms with E-state index in [0.29, 0.717) is 6.61 Å². The van der Waals surface area contributed by atoms with E-state index in [1.165, 1.54) is 0 Å². The van der Waals surface area contributed by atoms with Crippen molar-refractivity contribution in [1.29, 1.82) is 0 Å². The van der Waals surface area contributed by atoms with E-state index >= 15 is 0 Å². The summed E-state index contributed by atoms with van der Waals surface area (Å²) < 4.78 is 5.05. The van der Waals surface area contributed by atoms with Gasteiger partial charge in [-0.3, -0.25) is 4.79 Å². The first-order chi connectivity index (χ1) is 4.25. The summed E-state index contributed by atoms with van der Waals surface area (Å²) in [7, 11) is 0. The Balaban J connectivity index is 2.35. The van der Waals surface area contributed by atoms with Crippen LogP contribution in [0.3, 0.4) is 0 Å². The van der Waals surface area contributed by atoms with Crippen molar-refractivity contribution >= 4 is 5.91 Å². The van der Waals surface area contributed by atoms with Crippen molar-refractivity contribution in [3.8, 4) is 0 Å². The molecule has 1 aliphatic heterocycles. The summed E-state index contributed by atoms with van der Waals surface area (Å²) in [6.07, 6.45) is 0.982. The summed E-state index contributed by atoms with van der Waals surface area (Å²) >= 11 is 0. The Labute approximate surface area is 54.2 Å². The smallest absolute Gasteiger partial charge is 0.225 e. The van der Waals surface area contributed by atoms with Gasteiger partial charge in [0.2, 0.25) is 5.91 Å². The number of rotatable bonds is 2. The summed E-state index contributed by atoms with van der Waals surface area (Å²) in [5, 5.41) is 0. The molecule has 0 aliphatic carbocycles. The number of hydrogen-bond donors (Lipinski definition) is 1. The zero-order valence-electron chi connectivity index (χ0n) is 5.46. The molecule has 52 valence electrons. The van der Waals surface area contributed by atoms with Gasteiger partial charge in [-0.05, 0) is 6.42 Å². The zero-order chi connectivity index (χ0) is 6.85. The molecule has 2 N–H and O–H groups in total. The third kappa shape index (κ3) is 1.05. The third-order valence-corrected chi connectivity index (χ3v) is 1.71. The van der Waals surface area contributed by atoms with Gasteiger partial charge >= 0.3 is 0 Å². The van der Waals surface area contributed by atoms with Crippen LogP contribution in [-0.4, -0.2) is 18.6 Å². The number of carbonyl (C=O) groups is 1. The molecule has 0 spiro atoms. The fourth-order valence-corrected chi connectivity index (χ4v) is 0.996. The molecule has 0 aromatic heterocycles. The van der Waals surface area contributed by atoms with E-state index in [-0.39, 0.29) is 17.9 Å². The number of ether oxygens (including phenoxy) is 1. The summed E-state index contributed by atoms with van der Waals surface area (Å²) in [5.41, 5.74) is 5.04. The van der Waals surface area contributed by atoms with Crippen LogP contribution in [0.2, 0.25) is 0 Å². The summed E-state index contributed by atoms with van der Waals surface area (Å²) in [4.78, 5) is 10.5. The van der Waals surface area contributed by atoms with Crippen molar-refractivity contribution < 1.29 is 9.53 Å². The van der Waals surface area contributed by atoms with E-state index < -0.39 is 0 Å². The largest absolute Gasteiger partial charge is 0.376 e. The van der Waals surface area contributed by atoms with E-state index in [1.54, 1.807) is 0 Å². The maximum atomic E-state index is 10.5. The van der Waals surface area contributed by atoms with Crippen LogP contribution in [0.25, 0.3) is 0 Å². The number of hydrogen-bond acceptors (Lipinski definition) is 2. The minimum absolute atomic E-state index is 0.0185. The van der Waals surface area contributed by atoms with E-state index in [1.807, 2.05) is 6.92 Å². The van der Waals surface area contributed by atoms with Gasteiger partial charge in [0.05, 0.1) is 18.6 Å². The highest BCUT2D eigenvalue weighted by Gasteiger charge is 2.34. The highest BCUT2D eigenvalue weighted by molar-refractivity contribution is 5.78. The molecule has 0 aromatic rings. The molecule has 0 saturated carbocycles. The van der Waals surface area contributed by atoms with Gasteiger partial charge in [-0.15, -0.1) is 0 Å². The van der Waals surface area contributed by atoms with Crippen molar-refractivity contribution in [1.82, 2.24) is 0 Å². The second-order valence-corrected chi connectivity index (χ2v) is 2.29. The lowest BCUT2D eigenvalue weighted by Crippen LogP contribution is -2.47. The minimum atomic E-state index is -0.229. The quantitative estimate of drug-likeness (QED) is 0.566. The topological polar surface area (TPSA) is 52.3 Å². The molecule has 1 aliphatic rings. The van der Waals surface area contributed by atoms with Gasteiger partial charge in [-0.2, -0.15) is 0 Å². The predicted octanol–water partition coefficient (Wildman–Crippen LogP) is -0.103. The monoisotopic (exact) mass is 129 g/mol. The van der Waals surface area contributed by atoms with Gasteiger partial charge in [0.1, 0.15) is 0 Å². The van der Waals surface area contributed by atoms with Crippen LogP contribution in [0.5, 0.6) is 0 Å². The average molecular weight is 129 g/mol. The van der Waals surface area contributed by atoms with Gasteiger partial charge in [-0.1, -0.05) is 6.92 Å². The molecule has 2 atom stereocenters. The zero-order valence-corrected chi connectivity index (χ0v) is 5.46. The predicted molar refractivity (Wildman–Crippen MR) is 32.7 cm³/mol. The highest BCUT2D eigenvalue weighted by Crippen LogP contribution is 2.21. The Bertz CT molecular complexity index is 122. The Hall–Kier alpha value is -0.570. The summed E-state index contributed by atoms with van der Waals surface area (Å²) in [6, 6.07) is 0. The number of carbonyl (C=O) groups excluding carboxylic acids is 1. The molecule has 2 unspecified atom stereocenters. The van der Waals surface area contributed by atoms with E-state index in [2.05, 4.69) is 0 Å². The van der Waals surface area contributed by atoms with Crippen LogP contribution < -0.4 is 5.73 Å². The van der Waals surface area contributed by atoms with Crippen LogP contribution in [0.1, 0.15) is 13.3 Å². The Kier molecular flexibility index (Phi) is 1.71. The molecule has 3 nitrogen and oxygen atoms in total. The van der Waals surface area contributed by atoms with Crippen LogP contribution >= 0.6 is 0 Å². The lowest BCUT2D eigenvalue weighted by molar-refractivity contribution is -0.153. The summed E-state index contributed by atoms with van der Waals surface area (Å²) in [5.74, 6) is -0.247. The van der Waals surface area contributed by atoms with E-state index in [0.717, 1.165) is 6.42 Å². The molecule has 1 fully saturated rings. The molecule has 9 heavy (non-hydrogen) atoms. The molecule has 1 amide bonds. The normalized spacial score (nSPS) is 33.4. The van der Waals surface area contributed by atoms with E-state index in [4.69, 9.17) is 10.5 Å². The molecule has 1 heterocycles. The molecule has 3 heteroatoms. The van der Waals surface area contributed by atoms with Gasteiger partial charge in [0.25, 0.3) is 0 Å². The van der Waals surface area contributed by atoms with Crippen LogP contribution in [0, 0.1) is 5.92 Å². The number of amides is 1. The van der Waals surface area contributed by atoms with Gasteiger partial charge in [-0.25, -0.2) is 0 Å². The Morgan fingerprint density at radius 3 is 2.67 bits per heavy atom. The lowest BCUT2D eigenvalue weighted by Gasteiger charge is -2.33. The van der Waals surface area contributed by atoms with Crippen LogP contribution in [0.4, 0.5) is 0 Å². The SMILES string of the molecule is CCC1OCC1C(N)=O.